The fourth-order valence-corrected chi connectivity index (χ4v) is 5.44. The van der Waals surface area contributed by atoms with Crippen LogP contribution in [0.5, 0.6) is 0 Å². The molecule has 1 amide bonds. The maximum absolute atomic E-state index is 12.8. The monoisotopic (exact) mass is 419 g/mol. The summed E-state index contributed by atoms with van der Waals surface area (Å²) >= 11 is 1.54. The van der Waals surface area contributed by atoms with Crippen LogP contribution in [0.1, 0.15) is 28.5 Å². The Hall–Kier alpha value is -3.12. The van der Waals surface area contributed by atoms with Gasteiger partial charge in [-0.3, -0.25) is 4.79 Å². The SMILES string of the molecule is O=C(O)[C@@H]1CN(C(=O)OCC2c3ccccc3-c3ccccc32)C[C@H]1c1ccsc1. The number of nitrogens with zero attached hydrogens (tertiary/aromatic N) is 1. The molecule has 0 spiro atoms. The molecule has 152 valence electrons. The van der Waals surface area contributed by atoms with Crippen LogP contribution < -0.4 is 0 Å². The first-order chi connectivity index (χ1) is 14.6. The van der Waals surface area contributed by atoms with Crippen molar-refractivity contribution in [3.63, 3.8) is 0 Å². The number of fused-ring (bicyclic) bond motifs is 3. The van der Waals surface area contributed by atoms with Crippen molar-refractivity contribution in [2.75, 3.05) is 19.7 Å². The summed E-state index contributed by atoms with van der Waals surface area (Å²) < 4.78 is 5.71. The van der Waals surface area contributed by atoms with Crippen molar-refractivity contribution in [1.29, 1.82) is 0 Å². The van der Waals surface area contributed by atoms with Crippen LogP contribution in [0.4, 0.5) is 4.79 Å². The molecule has 0 saturated carbocycles. The first kappa shape index (κ1) is 18.9. The first-order valence-corrected chi connectivity index (χ1v) is 10.9. The summed E-state index contributed by atoms with van der Waals surface area (Å²) in [6.07, 6.45) is -0.444. The molecule has 1 N–H and O–H groups in total. The van der Waals surface area contributed by atoms with Gasteiger partial charge in [0.15, 0.2) is 0 Å². The molecule has 1 aromatic heterocycles. The molecule has 1 saturated heterocycles. The van der Waals surface area contributed by atoms with E-state index in [1.54, 1.807) is 0 Å². The summed E-state index contributed by atoms with van der Waals surface area (Å²) in [7, 11) is 0. The lowest BCUT2D eigenvalue weighted by molar-refractivity contribution is -0.141. The molecule has 0 bridgehead atoms. The molecule has 0 unspecified atom stereocenters. The average molecular weight is 420 g/mol. The second-order valence-corrected chi connectivity index (χ2v) is 8.60. The van der Waals surface area contributed by atoms with E-state index in [9.17, 15) is 14.7 Å². The van der Waals surface area contributed by atoms with Gasteiger partial charge in [0.25, 0.3) is 0 Å². The number of hydrogen-bond acceptors (Lipinski definition) is 4. The number of carboxylic acid groups (broad SMARTS) is 1. The van der Waals surface area contributed by atoms with Gasteiger partial charge in [-0.15, -0.1) is 0 Å². The Morgan fingerprint density at radius 2 is 1.67 bits per heavy atom. The van der Waals surface area contributed by atoms with E-state index in [-0.39, 0.29) is 25.0 Å². The second kappa shape index (κ2) is 7.61. The van der Waals surface area contributed by atoms with Crippen LogP contribution in [0.25, 0.3) is 11.1 Å². The van der Waals surface area contributed by atoms with E-state index in [0.717, 1.165) is 16.7 Å². The van der Waals surface area contributed by atoms with Crippen molar-refractivity contribution in [3.05, 3.63) is 82.0 Å². The molecule has 1 fully saturated rings. The molecule has 2 atom stereocenters. The second-order valence-electron chi connectivity index (χ2n) is 7.82. The molecule has 30 heavy (non-hydrogen) atoms. The predicted molar refractivity (Wildman–Crippen MR) is 115 cm³/mol. The zero-order valence-electron chi connectivity index (χ0n) is 16.2. The summed E-state index contributed by atoms with van der Waals surface area (Å²) in [5, 5.41) is 13.5. The van der Waals surface area contributed by atoms with Crippen molar-refractivity contribution >= 4 is 23.4 Å². The van der Waals surface area contributed by atoms with E-state index < -0.39 is 18.0 Å². The number of carbonyl (C=O) groups is 2. The van der Waals surface area contributed by atoms with E-state index in [1.165, 1.54) is 27.4 Å². The summed E-state index contributed by atoms with van der Waals surface area (Å²) in [6.45, 7) is 0.779. The van der Waals surface area contributed by atoms with Crippen LogP contribution in [-0.2, 0) is 9.53 Å². The Balaban J connectivity index is 1.32. The smallest absolute Gasteiger partial charge is 0.409 e. The minimum absolute atomic E-state index is 0.00751. The zero-order valence-corrected chi connectivity index (χ0v) is 17.0. The summed E-state index contributed by atoms with van der Waals surface area (Å²) in [5.74, 6) is -1.69. The molecule has 5 nitrogen and oxygen atoms in total. The van der Waals surface area contributed by atoms with Gasteiger partial charge in [-0.1, -0.05) is 48.5 Å². The highest BCUT2D eigenvalue weighted by Gasteiger charge is 2.41. The van der Waals surface area contributed by atoms with Crippen LogP contribution in [0.3, 0.4) is 0 Å². The quantitative estimate of drug-likeness (QED) is 0.660. The highest BCUT2D eigenvalue weighted by Crippen LogP contribution is 2.44. The Morgan fingerprint density at radius 3 is 2.27 bits per heavy atom. The van der Waals surface area contributed by atoms with Crippen molar-refractivity contribution < 1.29 is 19.4 Å². The summed E-state index contributed by atoms with van der Waals surface area (Å²) in [6, 6.07) is 18.3. The Morgan fingerprint density at radius 1 is 1.00 bits per heavy atom. The van der Waals surface area contributed by atoms with Gasteiger partial charge in [-0.2, -0.15) is 11.3 Å². The number of carboxylic acids is 1. The lowest BCUT2D eigenvalue weighted by Gasteiger charge is -2.19. The number of amides is 1. The van der Waals surface area contributed by atoms with Crippen molar-refractivity contribution in [3.8, 4) is 11.1 Å². The van der Waals surface area contributed by atoms with Gasteiger partial charge in [0, 0.05) is 24.9 Å². The van der Waals surface area contributed by atoms with Crippen LogP contribution in [-0.4, -0.2) is 41.8 Å². The van der Waals surface area contributed by atoms with Gasteiger partial charge in [0.05, 0.1) is 5.92 Å². The maximum atomic E-state index is 12.8. The lowest BCUT2D eigenvalue weighted by Crippen LogP contribution is -2.31. The molecular weight excluding hydrogens is 398 g/mol. The van der Waals surface area contributed by atoms with Crippen LogP contribution >= 0.6 is 11.3 Å². The number of rotatable bonds is 4. The molecule has 2 heterocycles. The van der Waals surface area contributed by atoms with Gasteiger partial charge in [-0.25, -0.2) is 4.79 Å². The molecular formula is C24H21NO4S. The van der Waals surface area contributed by atoms with Crippen LogP contribution in [0, 0.1) is 5.92 Å². The Bertz CT molecular complexity index is 1050. The topological polar surface area (TPSA) is 66.8 Å². The van der Waals surface area contributed by atoms with E-state index in [2.05, 4.69) is 24.3 Å². The molecule has 5 rings (SSSR count). The summed E-state index contributed by atoms with van der Waals surface area (Å²) in [5.41, 5.74) is 5.65. The van der Waals surface area contributed by atoms with Crippen molar-refractivity contribution in [2.24, 2.45) is 5.92 Å². The molecule has 0 radical (unpaired) electrons. The number of carbonyl (C=O) groups excluding carboxylic acids is 1. The third-order valence-electron chi connectivity index (χ3n) is 6.20. The van der Waals surface area contributed by atoms with Gasteiger partial charge in [-0.05, 0) is 44.6 Å². The molecule has 1 aliphatic heterocycles. The lowest BCUT2D eigenvalue weighted by atomic mass is 9.91. The molecule has 3 aromatic rings. The fraction of sp³-hybridized carbons (Fsp3) is 0.250. The van der Waals surface area contributed by atoms with E-state index in [1.807, 2.05) is 41.1 Å². The van der Waals surface area contributed by atoms with Gasteiger partial charge in [0.2, 0.25) is 0 Å². The van der Waals surface area contributed by atoms with Gasteiger partial charge < -0.3 is 14.7 Å². The molecule has 2 aliphatic rings. The molecule has 6 heteroatoms. The number of aliphatic carboxylic acids is 1. The Kier molecular flexibility index (Phi) is 4.79. The van der Waals surface area contributed by atoms with Crippen LogP contribution in [0.15, 0.2) is 65.4 Å². The van der Waals surface area contributed by atoms with E-state index >= 15 is 0 Å². The maximum Gasteiger partial charge on any atom is 0.409 e. The average Bonchev–Trinajstić information content (AvgIpc) is 3.49. The number of thiophene rings is 1. The number of benzene rings is 2. The van der Waals surface area contributed by atoms with E-state index in [4.69, 9.17) is 4.74 Å². The number of ether oxygens (including phenoxy) is 1. The van der Waals surface area contributed by atoms with Gasteiger partial charge >= 0.3 is 12.1 Å². The third-order valence-corrected chi connectivity index (χ3v) is 6.90. The molecule has 1 aliphatic carbocycles. The fourth-order valence-electron chi connectivity index (χ4n) is 4.71. The first-order valence-electron chi connectivity index (χ1n) is 9.98. The van der Waals surface area contributed by atoms with E-state index in [0.29, 0.717) is 6.54 Å². The normalized spacial score (nSPS) is 20.1. The van der Waals surface area contributed by atoms with Gasteiger partial charge in [0.1, 0.15) is 6.61 Å². The van der Waals surface area contributed by atoms with Crippen molar-refractivity contribution in [1.82, 2.24) is 4.90 Å². The minimum atomic E-state index is -0.875. The predicted octanol–water partition coefficient (Wildman–Crippen LogP) is 4.80. The highest BCUT2D eigenvalue weighted by molar-refractivity contribution is 7.08. The highest BCUT2D eigenvalue weighted by atomic mass is 32.1. The minimum Gasteiger partial charge on any atom is -0.481 e. The summed E-state index contributed by atoms with van der Waals surface area (Å²) in [4.78, 5) is 26.1. The largest absolute Gasteiger partial charge is 0.481 e. The zero-order chi connectivity index (χ0) is 20.7. The molecule has 2 aromatic carbocycles. The number of hydrogen-bond donors (Lipinski definition) is 1. The standard InChI is InChI=1S/C24H21NO4S/c26-23(27)21-12-25(11-20(21)15-9-10-30-14-15)24(28)29-13-22-18-7-3-1-5-16(18)17-6-2-4-8-19(17)22/h1-10,14,20-22H,11-13H2,(H,26,27)/t20-,21+/m0/s1. The van der Waals surface area contributed by atoms with Crippen LogP contribution in [0.2, 0.25) is 0 Å². The Labute approximate surface area is 178 Å². The third kappa shape index (κ3) is 3.17. The number of likely N-dealkylation sites (tertiary alicyclic amines) is 1. The van der Waals surface area contributed by atoms with Crippen molar-refractivity contribution in [2.45, 2.75) is 11.8 Å².